The van der Waals surface area contributed by atoms with Crippen molar-refractivity contribution in [3.8, 4) is 0 Å². The first-order chi connectivity index (χ1) is 6.15. The fourth-order valence-electron chi connectivity index (χ4n) is 0.880. The Bertz CT molecular complexity index is 314. The quantitative estimate of drug-likeness (QED) is 0.487. The van der Waals surface area contributed by atoms with E-state index in [2.05, 4.69) is 22.6 Å². The summed E-state index contributed by atoms with van der Waals surface area (Å²) in [4.78, 5) is 11.5. The number of methoxy groups -OCH3 is 1. The second-order valence-corrected chi connectivity index (χ2v) is 4.07. The molecule has 0 aliphatic rings. The molecule has 0 aliphatic heterocycles. The fraction of sp³-hybridized carbons (Fsp3) is 0.222. The summed E-state index contributed by atoms with van der Waals surface area (Å²) in [6.45, 7) is 0. The lowest BCUT2D eigenvalue weighted by Crippen LogP contribution is -2.16. The Balaban J connectivity index is 2.89. The summed E-state index contributed by atoms with van der Waals surface area (Å²) in [6.07, 6.45) is 0. The minimum atomic E-state index is -0.891. The minimum absolute atomic E-state index is 0.206. The molecule has 70 valence electrons. The molecule has 0 heterocycles. The van der Waals surface area contributed by atoms with Gasteiger partial charge in [0.25, 0.3) is 0 Å². The molecule has 0 saturated heterocycles. The van der Waals surface area contributed by atoms with Crippen molar-refractivity contribution in [2.24, 2.45) is 0 Å². The molecule has 1 rings (SSSR count). The number of carbonyl (C=O) groups is 1. The maximum atomic E-state index is 11.5. The van der Waals surface area contributed by atoms with Crippen molar-refractivity contribution >= 4 is 40.0 Å². The van der Waals surface area contributed by atoms with Crippen molar-refractivity contribution in [1.29, 1.82) is 0 Å². The van der Waals surface area contributed by atoms with Crippen LogP contribution in [0.3, 0.4) is 0 Å². The Morgan fingerprint density at radius 3 is 2.85 bits per heavy atom. The number of hydrogen-bond acceptors (Lipinski definition) is 2. The van der Waals surface area contributed by atoms with E-state index in [0.29, 0.717) is 5.56 Å². The lowest BCUT2D eigenvalue weighted by Gasteiger charge is -2.05. The molecule has 0 bridgehead atoms. The monoisotopic (exact) mass is 310 g/mol. The van der Waals surface area contributed by atoms with Gasteiger partial charge in [0.15, 0.2) is 5.56 Å². The molecule has 0 aromatic heterocycles. The van der Waals surface area contributed by atoms with Crippen LogP contribution >= 0.6 is 34.2 Å². The molecular formula is C9H8ClIO2. The van der Waals surface area contributed by atoms with Gasteiger partial charge in [0.2, 0.25) is 5.78 Å². The first-order valence-electron chi connectivity index (χ1n) is 3.62. The van der Waals surface area contributed by atoms with E-state index in [1.54, 1.807) is 12.1 Å². The molecule has 0 N–H and O–H groups in total. The summed E-state index contributed by atoms with van der Waals surface area (Å²) in [5.41, 5.74) is -0.313. The summed E-state index contributed by atoms with van der Waals surface area (Å²) in [6, 6.07) is 7.22. The van der Waals surface area contributed by atoms with Crippen LogP contribution in [0, 0.1) is 3.57 Å². The van der Waals surface area contributed by atoms with Crippen molar-refractivity contribution in [2.45, 2.75) is 5.56 Å². The molecule has 0 amide bonds. The number of hydrogen-bond donors (Lipinski definition) is 0. The third-order valence-electron chi connectivity index (χ3n) is 1.52. The molecular weight excluding hydrogens is 302 g/mol. The molecule has 0 radical (unpaired) electrons. The smallest absolute Gasteiger partial charge is 0.206 e. The number of rotatable bonds is 3. The molecule has 1 unspecified atom stereocenters. The van der Waals surface area contributed by atoms with Crippen molar-refractivity contribution in [3.63, 3.8) is 0 Å². The number of Topliss-reactive ketones (excluding diaryl/α,β-unsaturated/α-hetero) is 1. The predicted molar refractivity (Wildman–Crippen MR) is 60.1 cm³/mol. The first-order valence-corrected chi connectivity index (χ1v) is 5.13. The third kappa shape index (κ3) is 2.93. The molecule has 0 saturated carbocycles. The zero-order chi connectivity index (χ0) is 9.84. The fourth-order valence-corrected chi connectivity index (χ4v) is 1.55. The van der Waals surface area contributed by atoms with E-state index in [1.165, 1.54) is 7.11 Å². The van der Waals surface area contributed by atoms with Crippen LogP contribution < -0.4 is 0 Å². The van der Waals surface area contributed by atoms with Gasteiger partial charge in [-0.25, -0.2) is 0 Å². The van der Waals surface area contributed by atoms with Crippen LogP contribution in [0.15, 0.2) is 24.3 Å². The average Bonchev–Trinajstić information content (AvgIpc) is 2.15. The number of benzene rings is 1. The Morgan fingerprint density at radius 1 is 1.62 bits per heavy atom. The highest BCUT2D eigenvalue weighted by atomic mass is 127. The van der Waals surface area contributed by atoms with Gasteiger partial charge < -0.3 is 4.74 Å². The molecule has 0 aliphatic carbocycles. The van der Waals surface area contributed by atoms with Crippen molar-refractivity contribution < 1.29 is 9.53 Å². The van der Waals surface area contributed by atoms with E-state index in [9.17, 15) is 4.79 Å². The summed E-state index contributed by atoms with van der Waals surface area (Å²) in [5.74, 6) is -0.206. The van der Waals surface area contributed by atoms with Crippen LogP contribution in [-0.2, 0) is 4.74 Å². The van der Waals surface area contributed by atoms with Gasteiger partial charge in [0, 0.05) is 16.2 Å². The maximum absolute atomic E-state index is 11.5. The lowest BCUT2D eigenvalue weighted by atomic mass is 10.1. The van der Waals surface area contributed by atoms with Gasteiger partial charge in [-0.2, -0.15) is 0 Å². The van der Waals surface area contributed by atoms with Crippen LogP contribution in [0.25, 0.3) is 0 Å². The molecule has 1 atom stereocenters. The molecule has 13 heavy (non-hydrogen) atoms. The van der Waals surface area contributed by atoms with Gasteiger partial charge in [-0.3, -0.25) is 4.79 Å². The first kappa shape index (κ1) is 10.9. The van der Waals surface area contributed by atoms with E-state index >= 15 is 0 Å². The number of ketones is 1. The summed E-state index contributed by atoms with van der Waals surface area (Å²) >= 11 is 7.77. The van der Waals surface area contributed by atoms with E-state index in [4.69, 9.17) is 16.3 Å². The molecule has 0 fully saturated rings. The van der Waals surface area contributed by atoms with Crippen LogP contribution in [0.5, 0.6) is 0 Å². The van der Waals surface area contributed by atoms with E-state index in [-0.39, 0.29) is 5.78 Å². The Hall–Kier alpha value is -0.130. The Kier molecular flexibility index (Phi) is 4.15. The highest BCUT2D eigenvalue weighted by Gasteiger charge is 2.15. The van der Waals surface area contributed by atoms with E-state index < -0.39 is 5.56 Å². The Morgan fingerprint density at radius 2 is 2.31 bits per heavy atom. The van der Waals surface area contributed by atoms with Crippen LogP contribution in [0.4, 0.5) is 0 Å². The largest absolute Gasteiger partial charge is 0.358 e. The van der Waals surface area contributed by atoms with Crippen LogP contribution in [0.1, 0.15) is 10.4 Å². The standard InChI is InChI=1S/C9H8ClIO2/c1-13-9(10)8(12)6-3-2-4-7(11)5-6/h2-5,9H,1H3. The molecule has 4 heteroatoms. The highest BCUT2D eigenvalue weighted by Crippen LogP contribution is 2.12. The zero-order valence-corrected chi connectivity index (χ0v) is 9.87. The molecule has 1 aromatic rings. The summed E-state index contributed by atoms with van der Waals surface area (Å²) < 4.78 is 5.72. The van der Waals surface area contributed by atoms with Crippen molar-refractivity contribution in [1.82, 2.24) is 0 Å². The van der Waals surface area contributed by atoms with Crippen molar-refractivity contribution in [3.05, 3.63) is 33.4 Å². The second-order valence-electron chi connectivity index (χ2n) is 2.43. The topological polar surface area (TPSA) is 26.3 Å². The van der Waals surface area contributed by atoms with Gasteiger partial charge in [-0.15, -0.1) is 0 Å². The average molecular weight is 311 g/mol. The van der Waals surface area contributed by atoms with E-state index in [0.717, 1.165) is 3.57 Å². The van der Waals surface area contributed by atoms with Gasteiger partial charge in [-0.1, -0.05) is 23.7 Å². The number of ether oxygens (including phenoxy) is 1. The second kappa shape index (κ2) is 4.93. The van der Waals surface area contributed by atoms with Gasteiger partial charge in [-0.05, 0) is 34.7 Å². The zero-order valence-electron chi connectivity index (χ0n) is 6.96. The lowest BCUT2D eigenvalue weighted by molar-refractivity contribution is 0.0782. The highest BCUT2D eigenvalue weighted by molar-refractivity contribution is 14.1. The minimum Gasteiger partial charge on any atom is -0.358 e. The predicted octanol–water partition coefficient (Wildman–Crippen LogP) is 2.69. The summed E-state index contributed by atoms with van der Waals surface area (Å²) in [7, 11) is 1.41. The van der Waals surface area contributed by atoms with Gasteiger partial charge >= 0.3 is 0 Å². The number of halogens is 2. The summed E-state index contributed by atoms with van der Waals surface area (Å²) in [5, 5.41) is 0. The van der Waals surface area contributed by atoms with Crippen molar-refractivity contribution in [2.75, 3.05) is 7.11 Å². The molecule has 1 aromatic carbocycles. The van der Waals surface area contributed by atoms with Gasteiger partial charge in [0.1, 0.15) is 0 Å². The number of alkyl halides is 1. The number of carbonyl (C=O) groups excluding carboxylic acids is 1. The van der Waals surface area contributed by atoms with E-state index in [1.807, 2.05) is 12.1 Å². The van der Waals surface area contributed by atoms with Crippen LogP contribution in [0.2, 0.25) is 0 Å². The molecule has 2 nitrogen and oxygen atoms in total. The third-order valence-corrected chi connectivity index (χ3v) is 2.57. The molecule has 0 spiro atoms. The van der Waals surface area contributed by atoms with Gasteiger partial charge in [0.05, 0.1) is 0 Å². The normalized spacial score (nSPS) is 12.5. The van der Waals surface area contributed by atoms with Crippen LogP contribution in [-0.4, -0.2) is 18.5 Å². The SMILES string of the molecule is COC(Cl)C(=O)c1cccc(I)c1. The maximum Gasteiger partial charge on any atom is 0.206 e. The Labute approximate surface area is 95.4 Å².